The number of likely N-dealkylation sites (N-methyl/N-ethyl adjacent to an activating group) is 1. The molecule has 0 saturated carbocycles. The highest BCUT2D eigenvalue weighted by Gasteiger charge is 2.17. The van der Waals surface area contributed by atoms with Gasteiger partial charge in [0.2, 0.25) is 0 Å². The van der Waals surface area contributed by atoms with Crippen LogP contribution in [0.3, 0.4) is 0 Å². The average molecular weight is 309 g/mol. The summed E-state index contributed by atoms with van der Waals surface area (Å²) in [6.45, 7) is 3.68. The van der Waals surface area contributed by atoms with Crippen molar-refractivity contribution in [1.29, 1.82) is 5.26 Å². The molecule has 6 nitrogen and oxygen atoms in total. The second kappa shape index (κ2) is 6.73. The fourth-order valence-electron chi connectivity index (χ4n) is 2.58. The van der Waals surface area contributed by atoms with E-state index in [9.17, 15) is 5.11 Å². The molecule has 0 radical (unpaired) electrons. The molecule has 0 atom stereocenters. The first-order valence-corrected chi connectivity index (χ1v) is 7.62. The normalized spacial score (nSPS) is 15.4. The molecule has 0 aliphatic carbocycles. The van der Waals surface area contributed by atoms with Gasteiger partial charge in [-0.3, -0.25) is 0 Å². The maximum Gasteiger partial charge on any atom is 0.161 e. The Morgan fingerprint density at radius 3 is 2.43 bits per heavy atom. The third-order valence-electron chi connectivity index (χ3n) is 4.03. The summed E-state index contributed by atoms with van der Waals surface area (Å²) in [5, 5.41) is 18.4. The van der Waals surface area contributed by atoms with Gasteiger partial charge in [-0.1, -0.05) is 0 Å². The largest absolute Gasteiger partial charge is 0.390 e. The summed E-state index contributed by atoms with van der Waals surface area (Å²) in [4.78, 5) is 13.6. The van der Waals surface area contributed by atoms with Crippen LogP contribution < -0.4 is 4.90 Å². The number of piperazine rings is 1. The van der Waals surface area contributed by atoms with Gasteiger partial charge in [0.05, 0.1) is 23.9 Å². The lowest BCUT2D eigenvalue weighted by molar-refractivity contribution is 0.276. The topological polar surface area (TPSA) is 76.3 Å². The molecule has 1 aromatic heterocycles. The summed E-state index contributed by atoms with van der Waals surface area (Å²) in [6.07, 6.45) is 0. The Labute approximate surface area is 135 Å². The van der Waals surface area contributed by atoms with Crippen LogP contribution in [-0.2, 0) is 6.61 Å². The zero-order valence-electron chi connectivity index (χ0n) is 13.1. The van der Waals surface area contributed by atoms with E-state index < -0.39 is 0 Å². The molecule has 23 heavy (non-hydrogen) atoms. The smallest absolute Gasteiger partial charge is 0.161 e. The van der Waals surface area contributed by atoms with E-state index in [1.807, 2.05) is 18.2 Å². The van der Waals surface area contributed by atoms with Gasteiger partial charge in [-0.15, -0.1) is 0 Å². The summed E-state index contributed by atoms with van der Waals surface area (Å²) < 4.78 is 0. The average Bonchev–Trinajstić information content (AvgIpc) is 2.62. The van der Waals surface area contributed by atoms with Gasteiger partial charge in [0.1, 0.15) is 5.82 Å². The first kappa shape index (κ1) is 15.4. The van der Waals surface area contributed by atoms with E-state index >= 15 is 0 Å². The van der Waals surface area contributed by atoms with Gasteiger partial charge in [-0.05, 0) is 31.3 Å². The Hall–Kier alpha value is -2.49. The van der Waals surface area contributed by atoms with Crippen molar-refractivity contribution in [3.8, 4) is 17.5 Å². The Morgan fingerprint density at radius 2 is 1.83 bits per heavy atom. The lowest BCUT2D eigenvalue weighted by atomic mass is 10.1. The van der Waals surface area contributed by atoms with E-state index in [1.165, 1.54) is 0 Å². The van der Waals surface area contributed by atoms with Crippen LogP contribution in [0.25, 0.3) is 11.4 Å². The van der Waals surface area contributed by atoms with Gasteiger partial charge < -0.3 is 14.9 Å². The SMILES string of the molecule is CN1CCN(c2cc(CO)nc(-c3ccc(C#N)cc3)n2)CC1. The molecule has 0 amide bonds. The van der Waals surface area contributed by atoms with Crippen molar-refractivity contribution in [3.63, 3.8) is 0 Å². The van der Waals surface area contributed by atoms with Crippen molar-refractivity contribution in [2.75, 3.05) is 38.1 Å². The molecule has 0 spiro atoms. The number of aliphatic hydroxyl groups excluding tert-OH is 1. The third kappa shape index (κ3) is 3.47. The monoisotopic (exact) mass is 309 g/mol. The number of aliphatic hydroxyl groups is 1. The maximum absolute atomic E-state index is 9.50. The number of rotatable bonds is 3. The zero-order valence-corrected chi connectivity index (χ0v) is 13.1. The van der Waals surface area contributed by atoms with Crippen LogP contribution in [0.2, 0.25) is 0 Å². The highest BCUT2D eigenvalue weighted by atomic mass is 16.3. The predicted molar refractivity (Wildman–Crippen MR) is 87.8 cm³/mol. The van der Waals surface area contributed by atoms with Crippen LogP contribution in [0.4, 0.5) is 5.82 Å². The number of hydrogen-bond donors (Lipinski definition) is 1. The molecule has 1 saturated heterocycles. The first-order valence-electron chi connectivity index (χ1n) is 7.62. The number of hydrogen-bond acceptors (Lipinski definition) is 6. The predicted octanol–water partition coefficient (Wildman–Crippen LogP) is 1.26. The highest BCUT2D eigenvalue weighted by molar-refractivity contribution is 5.59. The van der Waals surface area contributed by atoms with Crippen molar-refractivity contribution >= 4 is 5.82 Å². The van der Waals surface area contributed by atoms with E-state index in [1.54, 1.807) is 12.1 Å². The van der Waals surface area contributed by atoms with E-state index in [4.69, 9.17) is 5.26 Å². The van der Waals surface area contributed by atoms with Crippen molar-refractivity contribution < 1.29 is 5.11 Å². The Bertz CT molecular complexity index is 715. The number of anilines is 1. The van der Waals surface area contributed by atoms with Crippen LogP contribution >= 0.6 is 0 Å². The molecule has 1 aromatic carbocycles. The van der Waals surface area contributed by atoms with Crippen molar-refractivity contribution in [1.82, 2.24) is 14.9 Å². The second-order valence-electron chi connectivity index (χ2n) is 5.68. The highest BCUT2D eigenvalue weighted by Crippen LogP contribution is 2.21. The van der Waals surface area contributed by atoms with Crippen LogP contribution in [-0.4, -0.2) is 53.2 Å². The van der Waals surface area contributed by atoms with Gasteiger partial charge in [0.15, 0.2) is 5.82 Å². The molecule has 0 bridgehead atoms. The van der Waals surface area contributed by atoms with E-state index in [2.05, 4.69) is 32.9 Å². The van der Waals surface area contributed by atoms with Gasteiger partial charge in [-0.2, -0.15) is 5.26 Å². The summed E-state index contributed by atoms with van der Waals surface area (Å²) in [5.41, 5.74) is 2.05. The van der Waals surface area contributed by atoms with Crippen LogP contribution in [0.15, 0.2) is 30.3 Å². The quantitative estimate of drug-likeness (QED) is 0.920. The zero-order chi connectivity index (χ0) is 16.2. The van der Waals surface area contributed by atoms with Crippen molar-refractivity contribution in [3.05, 3.63) is 41.6 Å². The third-order valence-corrected chi connectivity index (χ3v) is 4.03. The Kier molecular flexibility index (Phi) is 4.51. The molecule has 1 fully saturated rings. The Morgan fingerprint density at radius 1 is 1.13 bits per heavy atom. The molecule has 118 valence electrons. The standard InChI is InChI=1S/C17H19N5O/c1-21-6-8-22(9-7-21)16-10-15(12-23)19-17(20-16)14-4-2-13(11-18)3-5-14/h2-5,10,23H,6-9,12H2,1H3. The van der Waals surface area contributed by atoms with E-state index in [0.29, 0.717) is 17.1 Å². The van der Waals surface area contributed by atoms with E-state index in [-0.39, 0.29) is 6.61 Å². The molecule has 0 unspecified atom stereocenters. The van der Waals surface area contributed by atoms with Gasteiger partial charge in [-0.25, -0.2) is 9.97 Å². The minimum absolute atomic E-state index is 0.119. The fourth-order valence-corrected chi connectivity index (χ4v) is 2.58. The second-order valence-corrected chi connectivity index (χ2v) is 5.68. The van der Waals surface area contributed by atoms with Gasteiger partial charge in [0, 0.05) is 37.8 Å². The minimum atomic E-state index is -0.119. The molecular weight excluding hydrogens is 290 g/mol. The summed E-state index contributed by atoms with van der Waals surface area (Å²) in [7, 11) is 2.11. The molecule has 6 heteroatoms. The van der Waals surface area contributed by atoms with E-state index in [0.717, 1.165) is 37.6 Å². The lowest BCUT2D eigenvalue weighted by Crippen LogP contribution is -2.44. The molecule has 2 aromatic rings. The van der Waals surface area contributed by atoms with Gasteiger partial charge >= 0.3 is 0 Å². The number of nitrogens with zero attached hydrogens (tertiary/aromatic N) is 5. The molecule has 1 N–H and O–H groups in total. The summed E-state index contributed by atoms with van der Waals surface area (Å²) in [5.74, 6) is 1.42. The van der Waals surface area contributed by atoms with Crippen molar-refractivity contribution in [2.24, 2.45) is 0 Å². The maximum atomic E-state index is 9.50. The van der Waals surface area contributed by atoms with Crippen LogP contribution in [0, 0.1) is 11.3 Å². The van der Waals surface area contributed by atoms with Crippen LogP contribution in [0.5, 0.6) is 0 Å². The van der Waals surface area contributed by atoms with Crippen molar-refractivity contribution in [2.45, 2.75) is 6.61 Å². The molecule has 3 rings (SSSR count). The molecule has 2 heterocycles. The fraction of sp³-hybridized carbons (Fsp3) is 0.353. The van der Waals surface area contributed by atoms with Gasteiger partial charge in [0.25, 0.3) is 0 Å². The number of aromatic nitrogens is 2. The summed E-state index contributed by atoms with van der Waals surface area (Å²) in [6, 6.07) is 11.1. The Balaban J connectivity index is 1.94. The number of benzene rings is 1. The number of nitriles is 1. The lowest BCUT2D eigenvalue weighted by Gasteiger charge is -2.33. The summed E-state index contributed by atoms with van der Waals surface area (Å²) >= 11 is 0. The van der Waals surface area contributed by atoms with Crippen LogP contribution in [0.1, 0.15) is 11.3 Å². The molecule has 1 aliphatic rings. The molecular formula is C17H19N5O. The first-order chi connectivity index (χ1) is 11.2. The minimum Gasteiger partial charge on any atom is -0.390 e. The molecule has 1 aliphatic heterocycles.